The number of hydrogen-bond donors (Lipinski definition) is 1. The minimum atomic E-state index is -0.167. The fraction of sp³-hybridized carbons (Fsp3) is 0.348. The van der Waals surface area contributed by atoms with Crippen LogP contribution >= 0.6 is 23.1 Å². The molecule has 0 fully saturated rings. The third kappa shape index (κ3) is 4.70. The zero-order valence-electron chi connectivity index (χ0n) is 17.5. The number of allylic oxidation sites excluding steroid dienone is 1. The Labute approximate surface area is 189 Å². The lowest BCUT2D eigenvalue weighted by atomic mass is 10.1. The fourth-order valence-corrected chi connectivity index (χ4v) is 5.94. The first kappa shape index (κ1) is 21.6. The van der Waals surface area contributed by atoms with Crippen LogP contribution in [0.1, 0.15) is 29.7 Å². The molecule has 0 aliphatic heterocycles. The van der Waals surface area contributed by atoms with Crippen molar-refractivity contribution in [2.24, 2.45) is 0 Å². The number of thioether (sulfide) groups is 1. The maximum atomic E-state index is 13.3. The fourth-order valence-electron chi connectivity index (χ4n) is 3.82. The summed E-state index contributed by atoms with van der Waals surface area (Å²) in [5.74, 6) is 0.659. The van der Waals surface area contributed by atoms with Crippen molar-refractivity contribution in [1.82, 2.24) is 9.55 Å². The van der Waals surface area contributed by atoms with E-state index in [0.717, 1.165) is 35.9 Å². The summed E-state index contributed by atoms with van der Waals surface area (Å²) in [4.78, 5) is 32.7. The third-order valence-corrected chi connectivity index (χ3v) is 7.45. The summed E-state index contributed by atoms with van der Waals surface area (Å²) in [6.07, 6.45) is 7.12. The first-order valence-corrected chi connectivity index (χ1v) is 12.1. The second-order valence-electron chi connectivity index (χ2n) is 7.41. The molecular formula is C23H25N3O3S2. The molecular weight excluding hydrogens is 430 g/mol. The molecule has 4 rings (SSSR count). The van der Waals surface area contributed by atoms with Crippen LogP contribution in [0.25, 0.3) is 10.2 Å². The van der Waals surface area contributed by atoms with E-state index in [1.165, 1.54) is 28.6 Å². The number of ether oxygens (including phenoxy) is 1. The van der Waals surface area contributed by atoms with Gasteiger partial charge >= 0.3 is 0 Å². The average Bonchev–Trinajstić information content (AvgIpc) is 2.95. The van der Waals surface area contributed by atoms with Crippen molar-refractivity contribution < 1.29 is 9.53 Å². The Kier molecular flexibility index (Phi) is 6.77. The number of nitrogens with one attached hydrogen (secondary N) is 1. The topological polar surface area (TPSA) is 73.2 Å². The number of amides is 1. The van der Waals surface area contributed by atoms with Crippen molar-refractivity contribution in [3.05, 3.63) is 57.7 Å². The van der Waals surface area contributed by atoms with Crippen LogP contribution in [0.15, 0.2) is 46.9 Å². The smallest absolute Gasteiger partial charge is 0.263 e. The van der Waals surface area contributed by atoms with E-state index in [1.807, 2.05) is 18.2 Å². The molecule has 1 aliphatic rings. The number of aryl methyl sites for hydroxylation is 2. The third-order valence-electron chi connectivity index (χ3n) is 5.29. The highest BCUT2D eigenvalue weighted by molar-refractivity contribution is 7.99. The van der Waals surface area contributed by atoms with Gasteiger partial charge < -0.3 is 10.1 Å². The summed E-state index contributed by atoms with van der Waals surface area (Å²) in [5.41, 5.74) is 1.82. The lowest BCUT2D eigenvalue weighted by Gasteiger charge is -2.11. The Balaban J connectivity index is 1.59. The van der Waals surface area contributed by atoms with Crippen molar-refractivity contribution in [2.75, 3.05) is 18.2 Å². The molecule has 0 atom stereocenters. The molecule has 2 aromatic heterocycles. The highest BCUT2D eigenvalue weighted by Crippen LogP contribution is 2.34. The zero-order valence-corrected chi connectivity index (χ0v) is 19.1. The Morgan fingerprint density at radius 3 is 3.00 bits per heavy atom. The van der Waals surface area contributed by atoms with E-state index in [1.54, 1.807) is 35.2 Å². The van der Waals surface area contributed by atoms with Gasteiger partial charge in [0.2, 0.25) is 5.91 Å². The molecule has 0 radical (unpaired) electrons. The van der Waals surface area contributed by atoms with Gasteiger partial charge in [-0.3, -0.25) is 14.2 Å². The standard InChI is InChI=1S/C23H25N3O3S2/c1-3-12-26-22(28)20-17-10-5-4-6-11-18(17)31-21(20)25-23(26)30-14-19(27)24-15-8-7-9-16(13-15)29-2/h3,7-9,13H,1,4-6,10-12,14H2,2H3,(H,24,27). The molecule has 0 unspecified atom stereocenters. The maximum absolute atomic E-state index is 13.3. The molecule has 6 nitrogen and oxygen atoms in total. The molecule has 1 amide bonds. The van der Waals surface area contributed by atoms with Crippen LogP contribution in [0, 0.1) is 0 Å². The summed E-state index contributed by atoms with van der Waals surface area (Å²) in [5, 5.41) is 4.17. The number of rotatable bonds is 7. The van der Waals surface area contributed by atoms with E-state index in [-0.39, 0.29) is 17.2 Å². The van der Waals surface area contributed by atoms with Crippen LogP contribution in [0.4, 0.5) is 5.69 Å². The van der Waals surface area contributed by atoms with Gasteiger partial charge in [0.15, 0.2) is 5.16 Å². The lowest BCUT2D eigenvalue weighted by molar-refractivity contribution is -0.113. The SMILES string of the molecule is C=CCn1c(SCC(=O)Nc2cccc(OC)c2)nc2sc3c(c2c1=O)CCCCC3. The van der Waals surface area contributed by atoms with Gasteiger partial charge in [0.25, 0.3) is 5.56 Å². The molecule has 0 saturated carbocycles. The summed E-state index contributed by atoms with van der Waals surface area (Å²) >= 11 is 2.90. The van der Waals surface area contributed by atoms with Crippen LogP contribution in [0.5, 0.6) is 5.75 Å². The highest BCUT2D eigenvalue weighted by atomic mass is 32.2. The number of benzene rings is 1. The molecule has 1 aromatic carbocycles. The molecule has 31 heavy (non-hydrogen) atoms. The normalized spacial score (nSPS) is 13.5. The summed E-state index contributed by atoms with van der Waals surface area (Å²) in [6, 6.07) is 7.21. The maximum Gasteiger partial charge on any atom is 0.263 e. The Morgan fingerprint density at radius 1 is 1.35 bits per heavy atom. The highest BCUT2D eigenvalue weighted by Gasteiger charge is 2.21. The van der Waals surface area contributed by atoms with Gasteiger partial charge in [-0.25, -0.2) is 4.98 Å². The van der Waals surface area contributed by atoms with Gasteiger partial charge in [-0.15, -0.1) is 17.9 Å². The Hall–Kier alpha value is -2.58. The second kappa shape index (κ2) is 9.70. The number of anilines is 1. The van der Waals surface area contributed by atoms with E-state index in [9.17, 15) is 9.59 Å². The lowest BCUT2D eigenvalue weighted by Crippen LogP contribution is -2.24. The monoisotopic (exact) mass is 455 g/mol. The number of nitrogens with zero attached hydrogens (tertiary/aromatic N) is 2. The Morgan fingerprint density at radius 2 is 2.19 bits per heavy atom. The number of fused-ring (bicyclic) bond motifs is 3. The molecule has 2 heterocycles. The minimum Gasteiger partial charge on any atom is -0.497 e. The molecule has 162 valence electrons. The van der Waals surface area contributed by atoms with Crippen LogP contribution in [0.2, 0.25) is 0 Å². The van der Waals surface area contributed by atoms with Crippen molar-refractivity contribution in [3.8, 4) is 5.75 Å². The van der Waals surface area contributed by atoms with Gasteiger partial charge in [0.1, 0.15) is 10.6 Å². The molecule has 0 spiro atoms. The van der Waals surface area contributed by atoms with E-state index in [0.29, 0.717) is 23.1 Å². The van der Waals surface area contributed by atoms with Gasteiger partial charge in [0.05, 0.1) is 18.2 Å². The molecule has 8 heteroatoms. The van der Waals surface area contributed by atoms with Gasteiger partial charge in [-0.05, 0) is 43.4 Å². The molecule has 3 aromatic rings. The van der Waals surface area contributed by atoms with Crippen LogP contribution in [-0.2, 0) is 24.2 Å². The van der Waals surface area contributed by atoms with Crippen LogP contribution < -0.4 is 15.6 Å². The Bertz CT molecular complexity index is 1180. The van der Waals surface area contributed by atoms with Crippen molar-refractivity contribution in [2.45, 2.75) is 43.8 Å². The second-order valence-corrected chi connectivity index (χ2v) is 9.44. The molecule has 1 N–H and O–H groups in total. The quantitative estimate of drug-likeness (QED) is 0.243. The first-order chi connectivity index (χ1) is 15.1. The van der Waals surface area contributed by atoms with Gasteiger partial charge in [-0.1, -0.05) is 30.3 Å². The number of carbonyl (C=O) groups excluding carboxylic acids is 1. The number of carbonyl (C=O) groups is 1. The number of thiophene rings is 1. The largest absolute Gasteiger partial charge is 0.497 e. The van der Waals surface area contributed by atoms with Crippen molar-refractivity contribution in [3.63, 3.8) is 0 Å². The molecule has 0 saturated heterocycles. The summed E-state index contributed by atoms with van der Waals surface area (Å²) < 4.78 is 6.83. The predicted octanol–water partition coefficient (Wildman–Crippen LogP) is 4.65. The van der Waals surface area contributed by atoms with Gasteiger partial charge in [-0.2, -0.15) is 0 Å². The van der Waals surface area contributed by atoms with E-state index in [2.05, 4.69) is 11.9 Å². The molecule has 1 aliphatic carbocycles. The number of aromatic nitrogens is 2. The zero-order chi connectivity index (χ0) is 21.8. The van der Waals surface area contributed by atoms with E-state index in [4.69, 9.17) is 9.72 Å². The van der Waals surface area contributed by atoms with Crippen LogP contribution in [0.3, 0.4) is 0 Å². The molecule has 0 bridgehead atoms. The van der Waals surface area contributed by atoms with Gasteiger partial charge in [0, 0.05) is 23.2 Å². The van der Waals surface area contributed by atoms with Crippen molar-refractivity contribution >= 4 is 44.9 Å². The summed E-state index contributed by atoms with van der Waals surface area (Å²) in [7, 11) is 1.58. The van der Waals surface area contributed by atoms with E-state index >= 15 is 0 Å². The number of methoxy groups -OCH3 is 1. The summed E-state index contributed by atoms with van der Waals surface area (Å²) in [6.45, 7) is 4.16. The van der Waals surface area contributed by atoms with E-state index < -0.39 is 0 Å². The average molecular weight is 456 g/mol. The first-order valence-electron chi connectivity index (χ1n) is 10.3. The minimum absolute atomic E-state index is 0.0278. The number of hydrogen-bond acceptors (Lipinski definition) is 6. The van der Waals surface area contributed by atoms with Crippen molar-refractivity contribution in [1.29, 1.82) is 0 Å². The predicted molar refractivity (Wildman–Crippen MR) is 128 cm³/mol. The van der Waals surface area contributed by atoms with Crippen LogP contribution in [-0.4, -0.2) is 28.3 Å².